The summed E-state index contributed by atoms with van der Waals surface area (Å²) in [5, 5.41) is 17.4. The number of rotatable bonds is 1. The lowest BCUT2D eigenvalue weighted by Gasteiger charge is -2.19. The lowest BCUT2D eigenvalue weighted by molar-refractivity contribution is -0.141. The highest BCUT2D eigenvalue weighted by atomic mass is 19.4. The van der Waals surface area contributed by atoms with Gasteiger partial charge in [0.25, 0.3) is 0 Å². The second-order valence-electron chi connectivity index (χ2n) is 3.36. The molecule has 0 saturated carbocycles. The van der Waals surface area contributed by atoms with Crippen molar-refractivity contribution in [3.05, 3.63) is 23.3 Å². The van der Waals surface area contributed by atoms with E-state index < -0.39 is 41.7 Å². The van der Waals surface area contributed by atoms with Gasteiger partial charge in [-0.15, -0.1) is 0 Å². The van der Waals surface area contributed by atoms with E-state index in [-0.39, 0.29) is 6.07 Å². The smallest absolute Gasteiger partial charge is 0.423 e. The molecule has 0 amide bonds. The third-order valence-electron chi connectivity index (χ3n) is 2.14. The van der Waals surface area contributed by atoms with Gasteiger partial charge in [0.05, 0.1) is 16.8 Å². The van der Waals surface area contributed by atoms with Gasteiger partial charge >= 0.3 is 19.5 Å². The SMILES string of the molecule is Nc1c(C(F)(F)F)ccc(B(O)O)c1C(F)(F)F. The summed E-state index contributed by atoms with van der Waals surface area (Å²) in [6.45, 7) is 0. The number of halogens is 6. The molecule has 0 aliphatic heterocycles. The number of nitrogens with two attached hydrogens (primary N) is 1. The van der Waals surface area contributed by atoms with E-state index in [2.05, 4.69) is 0 Å². The van der Waals surface area contributed by atoms with Gasteiger partial charge in [0.15, 0.2) is 0 Å². The monoisotopic (exact) mass is 273 g/mol. The fourth-order valence-electron chi connectivity index (χ4n) is 1.42. The Bertz CT molecular complexity index is 456. The molecule has 0 unspecified atom stereocenters. The van der Waals surface area contributed by atoms with Crippen molar-refractivity contribution in [3.8, 4) is 0 Å². The molecule has 0 radical (unpaired) electrons. The minimum absolute atomic E-state index is 0.263. The Hall–Kier alpha value is -1.42. The molecule has 0 aromatic heterocycles. The molecule has 1 aromatic rings. The van der Waals surface area contributed by atoms with Gasteiger partial charge in [0, 0.05) is 0 Å². The van der Waals surface area contributed by atoms with Gasteiger partial charge in [0.1, 0.15) is 0 Å². The first-order valence-electron chi connectivity index (χ1n) is 4.39. The predicted octanol–water partition coefficient (Wildman–Crippen LogP) is 0.986. The maximum absolute atomic E-state index is 12.6. The van der Waals surface area contributed by atoms with Gasteiger partial charge < -0.3 is 15.8 Å². The summed E-state index contributed by atoms with van der Waals surface area (Å²) in [5.74, 6) is 0. The largest absolute Gasteiger partial charge is 0.489 e. The van der Waals surface area contributed by atoms with Gasteiger partial charge in [0.2, 0.25) is 0 Å². The van der Waals surface area contributed by atoms with Crippen LogP contribution in [0.25, 0.3) is 0 Å². The molecule has 3 nitrogen and oxygen atoms in total. The second kappa shape index (κ2) is 4.36. The van der Waals surface area contributed by atoms with Crippen LogP contribution in [0.1, 0.15) is 11.1 Å². The van der Waals surface area contributed by atoms with Crippen molar-refractivity contribution >= 4 is 18.3 Å². The van der Waals surface area contributed by atoms with Crippen LogP contribution in [0.2, 0.25) is 0 Å². The van der Waals surface area contributed by atoms with Crippen molar-refractivity contribution in [1.82, 2.24) is 0 Å². The zero-order valence-corrected chi connectivity index (χ0v) is 8.47. The summed E-state index contributed by atoms with van der Waals surface area (Å²) in [6, 6.07) is 0.589. The van der Waals surface area contributed by atoms with E-state index in [0.29, 0.717) is 6.07 Å². The van der Waals surface area contributed by atoms with Crippen molar-refractivity contribution in [3.63, 3.8) is 0 Å². The first kappa shape index (κ1) is 14.6. The van der Waals surface area contributed by atoms with Gasteiger partial charge in [-0.2, -0.15) is 26.3 Å². The summed E-state index contributed by atoms with van der Waals surface area (Å²) >= 11 is 0. The van der Waals surface area contributed by atoms with E-state index in [9.17, 15) is 26.3 Å². The first-order valence-corrected chi connectivity index (χ1v) is 4.39. The Balaban J connectivity index is 3.61. The minimum Gasteiger partial charge on any atom is -0.423 e. The van der Waals surface area contributed by atoms with Crippen LogP contribution < -0.4 is 11.2 Å². The Morgan fingerprint density at radius 2 is 1.44 bits per heavy atom. The van der Waals surface area contributed by atoms with Crippen LogP contribution in [0.15, 0.2) is 12.1 Å². The molecular formula is C8H6BF6NO2. The molecule has 0 heterocycles. The molecule has 1 rings (SSSR count). The van der Waals surface area contributed by atoms with Gasteiger partial charge in [-0.05, 0) is 11.5 Å². The van der Waals surface area contributed by atoms with Crippen LogP contribution in [0.3, 0.4) is 0 Å². The van der Waals surface area contributed by atoms with E-state index >= 15 is 0 Å². The summed E-state index contributed by atoms with van der Waals surface area (Å²) < 4.78 is 74.8. The molecule has 0 aliphatic carbocycles. The molecule has 0 atom stereocenters. The number of nitrogen functional groups attached to an aromatic ring is 1. The molecule has 4 N–H and O–H groups in total. The van der Waals surface area contributed by atoms with E-state index in [0.717, 1.165) is 0 Å². The van der Waals surface area contributed by atoms with Crippen LogP contribution in [0.5, 0.6) is 0 Å². The average Bonchev–Trinajstić information content (AvgIpc) is 2.12. The highest BCUT2D eigenvalue weighted by Crippen LogP contribution is 2.40. The Morgan fingerprint density at radius 1 is 0.944 bits per heavy atom. The number of alkyl halides is 6. The number of hydrogen-bond donors (Lipinski definition) is 3. The maximum Gasteiger partial charge on any atom is 0.489 e. The van der Waals surface area contributed by atoms with Crippen molar-refractivity contribution in [2.45, 2.75) is 12.4 Å². The summed E-state index contributed by atoms with van der Waals surface area (Å²) in [7, 11) is -2.58. The molecule has 100 valence electrons. The molecule has 0 bridgehead atoms. The fourth-order valence-corrected chi connectivity index (χ4v) is 1.42. The fraction of sp³-hybridized carbons (Fsp3) is 0.250. The van der Waals surface area contributed by atoms with Gasteiger partial charge in [-0.3, -0.25) is 0 Å². The zero-order chi connectivity index (χ0) is 14.3. The standard InChI is InChI=1S/C8H6BF6NO2/c10-7(11,12)3-1-2-4(9(17)18)5(6(3)16)8(13,14)15/h1-2,17-18H,16H2. The highest BCUT2D eigenvalue weighted by Gasteiger charge is 2.43. The summed E-state index contributed by atoms with van der Waals surface area (Å²) in [4.78, 5) is 0. The van der Waals surface area contributed by atoms with E-state index in [4.69, 9.17) is 15.8 Å². The Labute approximate surface area is 97.0 Å². The van der Waals surface area contributed by atoms with Crippen molar-refractivity contribution in [2.24, 2.45) is 0 Å². The van der Waals surface area contributed by atoms with Crippen LogP contribution in [0, 0.1) is 0 Å². The highest BCUT2D eigenvalue weighted by molar-refractivity contribution is 6.59. The van der Waals surface area contributed by atoms with Crippen molar-refractivity contribution < 1.29 is 36.4 Å². The van der Waals surface area contributed by atoms with E-state index in [1.165, 1.54) is 0 Å². The van der Waals surface area contributed by atoms with Crippen LogP contribution in [0.4, 0.5) is 32.0 Å². The van der Waals surface area contributed by atoms with Crippen LogP contribution in [-0.2, 0) is 12.4 Å². The molecular weight excluding hydrogens is 267 g/mol. The average molecular weight is 273 g/mol. The zero-order valence-electron chi connectivity index (χ0n) is 8.47. The predicted molar refractivity (Wildman–Crippen MR) is 50.7 cm³/mol. The Morgan fingerprint density at radius 3 is 1.78 bits per heavy atom. The summed E-state index contributed by atoms with van der Waals surface area (Å²) in [5.41, 5.74) is -1.46. The van der Waals surface area contributed by atoms with Crippen molar-refractivity contribution in [1.29, 1.82) is 0 Å². The molecule has 1 aromatic carbocycles. The first-order chi connectivity index (χ1) is 7.96. The number of hydrogen-bond acceptors (Lipinski definition) is 3. The van der Waals surface area contributed by atoms with E-state index in [1.807, 2.05) is 0 Å². The van der Waals surface area contributed by atoms with Crippen LogP contribution >= 0.6 is 0 Å². The van der Waals surface area contributed by atoms with Crippen LogP contribution in [-0.4, -0.2) is 17.2 Å². The van der Waals surface area contributed by atoms with Gasteiger partial charge in [-0.1, -0.05) is 6.07 Å². The van der Waals surface area contributed by atoms with Crippen molar-refractivity contribution in [2.75, 3.05) is 5.73 Å². The topological polar surface area (TPSA) is 66.5 Å². The molecule has 0 saturated heterocycles. The third-order valence-corrected chi connectivity index (χ3v) is 2.14. The maximum atomic E-state index is 12.6. The lowest BCUT2D eigenvalue weighted by Crippen LogP contribution is -2.37. The second-order valence-corrected chi connectivity index (χ2v) is 3.36. The van der Waals surface area contributed by atoms with E-state index in [1.54, 1.807) is 0 Å². The third kappa shape index (κ3) is 2.70. The Kier molecular flexibility index (Phi) is 3.54. The normalized spacial score (nSPS) is 12.7. The summed E-state index contributed by atoms with van der Waals surface area (Å²) in [6.07, 6.45) is -10.3. The minimum atomic E-state index is -5.23. The number of benzene rings is 1. The molecule has 0 aliphatic rings. The molecule has 10 heteroatoms. The molecule has 0 fully saturated rings. The molecule has 18 heavy (non-hydrogen) atoms. The number of anilines is 1. The molecule has 0 spiro atoms. The van der Waals surface area contributed by atoms with Gasteiger partial charge in [-0.25, -0.2) is 0 Å². The lowest BCUT2D eigenvalue weighted by atomic mass is 9.75. The quantitative estimate of drug-likeness (QED) is 0.406.